The van der Waals surface area contributed by atoms with Crippen molar-refractivity contribution in [2.75, 3.05) is 59.0 Å². The number of hydrogen-bond acceptors (Lipinski definition) is 4. The molecule has 0 radical (unpaired) electrons. The Hall–Kier alpha value is -0.160. The molecule has 0 aromatic heterocycles. The molecular weight excluding hydrogens is 202 g/mol. The molecule has 0 atom stereocenters. The fourth-order valence-electron chi connectivity index (χ4n) is 2.55. The van der Waals surface area contributed by atoms with Crippen LogP contribution in [0.1, 0.15) is 12.8 Å². The summed E-state index contributed by atoms with van der Waals surface area (Å²) in [5, 5.41) is 0. The van der Waals surface area contributed by atoms with Gasteiger partial charge in [0.15, 0.2) is 0 Å². The minimum absolute atomic E-state index is 0.777. The van der Waals surface area contributed by atoms with Gasteiger partial charge >= 0.3 is 0 Å². The average molecular weight is 227 g/mol. The maximum Gasteiger partial charge on any atom is 0.0594 e. The fraction of sp³-hybridized carbons (Fsp3) is 1.00. The van der Waals surface area contributed by atoms with E-state index in [1.807, 2.05) is 0 Å². The monoisotopic (exact) mass is 227 g/mol. The van der Waals surface area contributed by atoms with Crippen molar-refractivity contribution in [1.29, 1.82) is 0 Å². The van der Waals surface area contributed by atoms with Gasteiger partial charge in [-0.3, -0.25) is 4.90 Å². The van der Waals surface area contributed by atoms with E-state index in [1.165, 1.54) is 39.0 Å². The first-order chi connectivity index (χ1) is 7.88. The quantitative estimate of drug-likeness (QED) is 0.733. The van der Waals surface area contributed by atoms with Crippen LogP contribution < -0.4 is 5.73 Å². The molecule has 4 heteroatoms. The van der Waals surface area contributed by atoms with Crippen LogP contribution in [0.2, 0.25) is 0 Å². The van der Waals surface area contributed by atoms with Crippen molar-refractivity contribution in [3.05, 3.63) is 0 Å². The maximum atomic E-state index is 5.70. The first kappa shape index (κ1) is 12.3. The van der Waals surface area contributed by atoms with Gasteiger partial charge in [0.1, 0.15) is 0 Å². The van der Waals surface area contributed by atoms with E-state index in [1.54, 1.807) is 0 Å². The molecule has 0 spiro atoms. The van der Waals surface area contributed by atoms with Gasteiger partial charge in [0.05, 0.1) is 13.2 Å². The number of nitrogens with zero attached hydrogens (tertiary/aromatic N) is 2. The Morgan fingerprint density at radius 1 is 0.938 bits per heavy atom. The van der Waals surface area contributed by atoms with Crippen molar-refractivity contribution < 1.29 is 4.74 Å². The van der Waals surface area contributed by atoms with Gasteiger partial charge in [0, 0.05) is 26.2 Å². The van der Waals surface area contributed by atoms with Gasteiger partial charge in [-0.15, -0.1) is 0 Å². The summed E-state index contributed by atoms with van der Waals surface area (Å²) in [4.78, 5) is 5.10. The molecule has 2 aliphatic rings. The normalized spacial score (nSPS) is 26.1. The Balaban J connectivity index is 1.59. The van der Waals surface area contributed by atoms with Crippen molar-refractivity contribution in [3.8, 4) is 0 Å². The molecule has 16 heavy (non-hydrogen) atoms. The summed E-state index contributed by atoms with van der Waals surface area (Å²) in [6, 6.07) is 0. The second-order valence-corrected chi connectivity index (χ2v) is 4.97. The molecule has 2 N–H and O–H groups in total. The molecule has 94 valence electrons. The SMILES string of the molecule is NCC1CCN(CCN2CCOCC2)CC1. The van der Waals surface area contributed by atoms with Gasteiger partial charge in [-0.25, -0.2) is 0 Å². The summed E-state index contributed by atoms with van der Waals surface area (Å²) in [5.41, 5.74) is 5.70. The van der Waals surface area contributed by atoms with Crippen molar-refractivity contribution in [2.45, 2.75) is 12.8 Å². The third kappa shape index (κ3) is 3.70. The molecule has 0 aliphatic carbocycles. The minimum atomic E-state index is 0.777. The van der Waals surface area contributed by atoms with E-state index in [-0.39, 0.29) is 0 Å². The fourth-order valence-corrected chi connectivity index (χ4v) is 2.55. The molecule has 2 saturated heterocycles. The molecule has 0 aromatic rings. The Labute approximate surface area is 98.7 Å². The van der Waals surface area contributed by atoms with Gasteiger partial charge in [0.25, 0.3) is 0 Å². The lowest BCUT2D eigenvalue weighted by Gasteiger charge is -2.34. The zero-order valence-corrected chi connectivity index (χ0v) is 10.2. The molecule has 0 saturated carbocycles. The van der Waals surface area contributed by atoms with Gasteiger partial charge in [-0.05, 0) is 38.4 Å². The zero-order chi connectivity index (χ0) is 11.2. The highest BCUT2D eigenvalue weighted by Gasteiger charge is 2.18. The molecule has 0 bridgehead atoms. The second kappa shape index (κ2) is 6.55. The molecule has 0 amide bonds. The van der Waals surface area contributed by atoms with Crippen LogP contribution in [0.3, 0.4) is 0 Å². The predicted molar refractivity (Wildman–Crippen MR) is 65.5 cm³/mol. The summed E-state index contributed by atoms with van der Waals surface area (Å²) in [5.74, 6) is 0.777. The van der Waals surface area contributed by atoms with E-state index in [0.717, 1.165) is 38.8 Å². The molecule has 2 rings (SSSR count). The van der Waals surface area contributed by atoms with Crippen molar-refractivity contribution in [1.82, 2.24) is 9.80 Å². The second-order valence-electron chi connectivity index (χ2n) is 4.97. The first-order valence-corrected chi connectivity index (χ1v) is 6.61. The van der Waals surface area contributed by atoms with Crippen LogP contribution in [0.5, 0.6) is 0 Å². The number of ether oxygens (including phenoxy) is 1. The number of nitrogens with two attached hydrogens (primary N) is 1. The molecule has 4 nitrogen and oxygen atoms in total. The number of piperidine rings is 1. The van der Waals surface area contributed by atoms with Crippen LogP contribution in [-0.2, 0) is 4.74 Å². The topological polar surface area (TPSA) is 41.7 Å². The molecule has 2 fully saturated rings. The van der Waals surface area contributed by atoms with E-state index in [0.29, 0.717) is 0 Å². The van der Waals surface area contributed by atoms with E-state index in [4.69, 9.17) is 10.5 Å². The lowest BCUT2D eigenvalue weighted by atomic mass is 9.97. The van der Waals surface area contributed by atoms with Gasteiger partial charge in [0.2, 0.25) is 0 Å². The van der Waals surface area contributed by atoms with Crippen LogP contribution >= 0.6 is 0 Å². The van der Waals surface area contributed by atoms with E-state index < -0.39 is 0 Å². The number of hydrogen-bond donors (Lipinski definition) is 1. The standard InChI is InChI=1S/C12H25N3O/c13-11-12-1-3-14(4-2-12)5-6-15-7-9-16-10-8-15/h12H,1-11,13H2. The average Bonchev–Trinajstić information content (AvgIpc) is 2.38. The van der Waals surface area contributed by atoms with E-state index in [9.17, 15) is 0 Å². The third-order valence-corrected chi connectivity index (χ3v) is 3.88. The van der Waals surface area contributed by atoms with Crippen LogP contribution in [0.4, 0.5) is 0 Å². The van der Waals surface area contributed by atoms with Crippen LogP contribution in [0.15, 0.2) is 0 Å². The van der Waals surface area contributed by atoms with Crippen molar-refractivity contribution in [3.63, 3.8) is 0 Å². The number of rotatable bonds is 4. The molecule has 0 unspecified atom stereocenters. The van der Waals surface area contributed by atoms with Crippen LogP contribution in [0.25, 0.3) is 0 Å². The van der Waals surface area contributed by atoms with Crippen LogP contribution in [0, 0.1) is 5.92 Å². The lowest BCUT2D eigenvalue weighted by molar-refractivity contribution is 0.0315. The summed E-state index contributed by atoms with van der Waals surface area (Å²) in [7, 11) is 0. The van der Waals surface area contributed by atoms with E-state index >= 15 is 0 Å². The first-order valence-electron chi connectivity index (χ1n) is 6.61. The summed E-state index contributed by atoms with van der Waals surface area (Å²) < 4.78 is 5.35. The maximum absolute atomic E-state index is 5.70. The highest BCUT2D eigenvalue weighted by atomic mass is 16.5. The molecule has 2 heterocycles. The van der Waals surface area contributed by atoms with Gasteiger partial charge < -0.3 is 15.4 Å². The minimum Gasteiger partial charge on any atom is -0.379 e. The summed E-state index contributed by atoms with van der Waals surface area (Å²) >= 11 is 0. The number of morpholine rings is 1. The Morgan fingerprint density at radius 2 is 1.50 bits per heavy atom. The Morgan fingerprint density at radius 3 is 2.06 bits per heavy atom. The highest BCUT2D eigenvalue weighted by molar-refractivity contribution is 4.74. The van der Waals surface area contributed by atoms with Crippen molar-refractivity contribution in [2.24, 2.45) is 11.7 Å². The highest BCUT2D eigenvalue weighted by Crippen LogP contribution is 2.15. The molecular formula is C12H25N3O. The summed E-state index contributed by atoms with van der Waals surface area (Å²) in [6.45, 7) is 9.83. The zero-order valence-electron chi connectivity index (χ0n) is 10.2. The molecule has 0 aromatic carbocycles. The predicted octanol–water partition coefficient (Wildman–Crippen LogP) is -0.0107. The van der Waals surface area contributed by atoms with Gasteiger partial charge in [-0.1, -0.05) is 0 Å². The smallest absolute Gasteiger partial charge is 0.0594 e. The van der Waals surface area contributed by atoms with Gasteiger partial charge in [-0.2, -0.15) is 0 Å². The Kier molecular flexibility index (Phi) is 5.03. The molecule has 2 aliphatic heterocycles. The summed E-state index contributed by atoms with van der Waals surface area (Å²) in [6.07, 6.45) is 2.58. The van der Waals surface area contributed by atoms with E-state index in [2.05, 4.69) is 9.80 Å². The third-order valence-electron chi connectivity index (χ3n) is 3.88. The Bertz CT molecular complexity index is 187. The lowest BCUT2D eigenvalue weighted by Crippen LogP contribution is -2.44. The van der Waals surface area contributed by atoms with Crippen molar-refractivity contribution >= 4 is 0 Å². The largest absolute Gasteiger partial charge is 0.379 e. The number of likely N-dealkylation sites (tertiary alicyclic amines) is 1. The van der Waals surface area contributed by atoms with Crippen LogP contribution in [-0.4, -0.2) is 68.8 Å².